The molecule has 0 spiro atoms. The van der Waals surface area contributed by atoms with Crippen molar-refractivity contribution in [1.29, 1.82) is 10.5 Å². The molecule has 0 atom stereocenters. The quantitative estimate of drug-likeness (QED) is 0.253. The molecule has 0 radical (unpaired) electrons. The van der Waals surface area contributed by atoms with Crippen LogP contribution in [0, 0.1) is 28.1 Å². The van der Waals surface area contributed by atoms with E-state index in [1.165, 1.54) is 0 Å². The number of benzene rings is 3. The molecule has 0 saturated heterocycles. The van der Waals surface area contributed by atoms with Crippen LogP contribution in [0.25, 0.3) is 6.08 Å². The highest BCUT2D eigenvalue weighted by Crippen LogP contribution is 2.35. The Balaban J connectivity index is 1.53. The highest BCUT2D eigenvalue weighted by atomic mass is 16.5. The highest BCUT2D eigenvalue weighted by molar-refractivity contribution is 5.76. The van der Waals surface area contributed by atoms with E-state index in [-0.39, 0.29) is 11.0 Å². The van der Waals surface area contributed by atoms with Crippen molar-refractivity contribution in [2.24, 2.45) is 5.41 Å². The number of nitriles is 2. The normalized spacial score (nSPS) is 13.3. The zero-order valence-corrected chi connectivity index (χ0v) is 21.8. The van der Waals surface area contributed by atoms with Crippen LogP contribution in [0.5, 0.6) is 0 Å². The summed E-state index contributed by atoms with van der Waals surface area (Å²) in [6.07, 6.45) is 11.2. The lowest BCUT2D eigenvalue weighted by Gasteiger charge is -2.26. The van der Waals surface area contributed by atoms with Crippen LogP contribution < -0.4 is 4.90 Å². The molecule has 0 unspecified atom stereocenters. The number of nitrogens with zero attached hydrogens (tertiary/aromatic N) is 3. The summed E-state index contributed by atoms with van der Waals surface area (Å²) < 4.78 is 6.04. The van der Waals surface area contributed by atoms with Crippen molar-refractivity contribution in [3.63, 3.8) is 0 Å². The van der Waals surface area contributed by atoms with Crippen LogP contribution in [-0.4, -0.2) is 0 Å². The monoisotopic (exact) mass is 495 g/mol. The van der Waals surface area contributed by atoms with Gasteiger partial charge in [-0.3, -0.25) is 0 Å². The Hall–Kier alpha value is -5.06. The van der Waals surface area contributed by atoms with Gasteiger partial charge in [-0.2, -0.15) is 10.5 Å². The van der Waals surface area contributed by atoms with Crippen molar-refractivity contribution in [2.75, 3.05) is 4.90 Å². The van der Waals surface area contributed by atoms with Gasteiger partial charge >= 0.3 is 0 Å². The van der Waals surface area contributed by atoms with E-state index in [1.807, 2.05) is 93.6 Å². The zero-order chi connectivity index (χ0) is 27.0. The molecule has 0 bridgehead atoms. The minimum Gasteiger partial charge on any atom is -0.461 e. The van der Waals surface area contributed by atoms with Gasteiger partial charge in [-0.05, 0) is 60.2 Å². The van der Waals surface area contributed by atoms with Crippen molar-refractivity contribution in [3.05, 3.63) is 144 Å². The fourth-order valence-electron chi connectivity index (χ4n) is 3.93. The van der Waals surface area contributed by atoms with Crippen molar-refractivity contribution < 1.29 is 4.74 Å². The third kappa shape index (κ3) is 6.38. The van der Waals surface area contributed by atoms with Gasteiger partial charge in [0.25, 0.3) is 0 Å². The molecule has 0 aromatic heterocycles. The van der Waals surface area contributed by atoms with Gasteiger partial charge in [-0.1, -0.05) is 87.5 Å². The lowest BCUT2D eigenvalue weighted by atomic mass is 9.90. The van der Waals surface area contributed by atoms with Crippen LogP contribution in [0.3, 0.4) is 0 Å². The molecule has 0 N–H and O–H groups in total. The highest BCUT2D eigenvalue weighted by Gasteiger charge is 2.23. The second kappa shape index (κ2) is 11.8. The molecule has 0 amide bonds. The first-order valence-electron chi connectivity index (χ1n) is 12.4. The van der Waals surface area contributed by atoms with Crippen LogP contribution >= 0.6 is 0 Å². The van der Waals surface area contributed by atoms with E-state index in [9.17, 15) is 10.5 Å². The Labute approximate surface area is 225 Å². The smallest absolute Gasteiger partial charge is 0.137 e. The van der Waals surface area contributed by atoms with Crippen molar-refractivity contribution in [1.82, 2.24) is 0 Å². The average molecular weight is 496 g/mol. The summed E-state index contributed by atoms with van der Waals surface area (Å²) in [4.78, 5) is 2.22. The third-order valence-electron chi connectivity index (χ3n) is 5.90. The van der Waals surface area contributed by atoms with E-state index in [2.05, 4.69) is 53.4 Å². The zero-order valence-electron chi connectivity index (χ0n) is 21.8. The minimum absolute atomic E-state index is 0.0663. The number of para-hydroxylation sites is 2. The molecule has 3 aromatic rings. The summed E-state index contributed by atoms with van der Waals surface area (Å²) in [6.45, 7) is 6.09. The van der Waals surface area contributed by atoms with Crippen LogP contribution in [-0.2, 0) is 4.74 Å². The first kappa shape index (κ1) is 26.0. The largest absolute Gasteiger partial charge is 0.461 e. The van der Waals surface area contributed by atoms with E-state index < -0.39 is 0 Å². The third-order valence-corrected chi connectivity index (χ3v) is 5.90. The fraction of sp³-hybridized carbons (Fsp3) is 0.118. The molecule has 3 aromatic carbocycles. The lowest BCUT2D eigenvalue weighted by molar-refractivity contribution is 0.223. The Morgan fingerprint density at radius 2 is 1.24 bits per heavy atom. The Morgan fingerprint density at radius 1 is 0.711 bits per heavy atom. The van der Waals surface area contributed by atoms with E-state index in [4.69, 9.17) is 4.74 Å². The summed E-state index contributed by atoms with van der Waals surface area (Å²) in [5.41, 5.74) is 4.69. The van der Waals surface area contributed by atoms with E-state index in [0.717, 1.165) is 22.6 Å². The lowest BCUT2D eigenvalue weighted by Crippen LogP contribution is -2.15. The summed E-state index contributed by atoms with van der Waals surface area (Å²) in [6, 6.07) is 32.9. The molecule has 38 heavy (non-hydrogen) atoms. The van der Waals surface area contributed by atoms with Crippen LogP contribution in [0.4, 0.5) is 17.1 Å². The number of ether oxygens (including phenoxy) is 1. The average Bonchev–Trinajstić information content (AvgIpc) is 2.93. The number of allylic oxidation sites excluding steroid dienone is 8. The molecule has 4 heteroatoms. The number of hydrogen-bond donors (Lipinski definition) is 0. The maximum atomic E-state index is 9.32. The predicted octanol–water partition coefficient (Wildman–Crippen LogP) is 8.91. The number of rotatable bonds is 6. The maximum absolute atomic E-state index is 9.32. The molecule has 4 nitrogen and oxygen atoms in total. The van der Waals surface area contributed by atoms with Gasteiger partial charge in [0.15, 0.2) is 0 Å². The number of anilines is 3. The second-order valence-electron chi connectivity index (χ2n) is 9.78. The van der Waals surface area contributed by atoms with Crippen LogP contribution in [0.2, 0.25) is 0 Å². The molecule has 1 heterocycles. The molecule has 1 aliphatic rings. The first-order valence-corrected chi connectivity index (χ1v) is 12.4. The standard InChI is InChI=1S/C34H29N3O/c1-34(2,3)33-23-27(28(24-35)25-36)22-32(38-33)17-11-10-12-26-18-20-31(21-19-26)37(29-13-6-4-7-14-29)30-15-8-5-9-16-30/h4-23H,1-3H3/b12-10+,17-11+. The van der Waals surface area contributed by atoms with Gasteiger partial charge in [0.05, 0.1) is 0 Å². The van der Waals surface area contributed by atoms with Crippen molar-refractivity contribution in [3.8, 4) is 12.1 Å². The van der Waals surface area contributed by atoms with Gasteiger partial charge in [-0.15, -0.1) is 0 Å². The fourth-order valence-corrected chi connectivity index (χ4v) is 3.93. The Morgan fingerprint density at radius 3 is 1.76 bits per heavy atom. The molecule has 4 rings (SSSR count). The summed E-state index contributed by atoms with van der Waals surface area (Å²) in [5.74, 6) is 1.29. The van der Waals surface area contributed by atoms with Gasteiger partial charge < -0.3 is 9.64 Å². The van der Waals surface area contributed by atoms with E-state index >= 15 is 0 Å². The summed E-state index contributed by atoms with van der Waals surface area (Å²) in [7, 11) is 0. The maximum Gasteiger partial charge on any atom is 0.137 e. The van der Waals surface area contributed by atoms with Gasteiger partial charge in [0.2, 0.25) is 0 Å². The summed E-state index contributed by atoms with van der Waals surface area (Å²) >= 11 is 0. The first-order chi connectivity index (χ1) is 18.4. The Kier molecular flexibility index (Phi) is 8.07. The molecule has 186 valence electrons. The van der Waals surface area contributed by atoms with Crippen LogP contribution in [0.1, 0.15) is 26.3 Å². The second-order valence-corrected chi connectivity index (χ2v) is 9.78. The molecule has 0 saturated carbocycles. The van der Waals surface area contributed by atoms with E-state index in [0.29, 0.717) is 17.1 Å². The van der Waals surface area contributed by atoms with Gasteiger partial charge in [-0.25, -0.2) is 0 Å². The van der Waals surface area contributed by atoms with Gasteiger partial charge in [0.1, 0.15) is 29.2 Å². The van der Waals surface area contributed by atoms with E-state index in [1.54, 1.807) is 12.2 Å². The van der Waals surface area contributed by atoms with Crippen molar-refractivity contribution in [2.45, 2.75) is 20.8 Å². The molecular weight excluding hydrogens is 466 g/mol. The van der Waals surface area contributed by atoms with Crippen LogP contribution in [0.15, 0.2) is 138 Å². The minimum atomic E-state index is -0.264. The molecule has 0 aliphatic carbocycles. The molecular formula is C34H29N3O. The number of hydrogen-bond acceptors (Lipinski definition) is 4. The topological polar surface area (TPSA) is 60.0 Å². The SMILES string of the molecule is CC(C)(C)C1=CC(=C(C#N)C#N)C=C(/C=C/C=C/c2ccc(N(c3ccccc3)c3ccccc3)cc2)O1. The molecule has 0 fully saturated rings. The van der Waals surface area contributed by atoms with Crippen molar-refractivity contribution >= 4 is 23.1 Å². The predicted molar refractivity (Wildman–Crippen MR) is 154 cm³/mol. The summed E-state index contributed by atoms with van der Waals surface area (Å²) in [5, 5.41) is 18.6. The Bertz CT molecular complexity index is 1450. The molecule has 1 aliphatic heterocycles. The van der Waals surface area contributed by atoms with Gasteiger partial charge in [0, 0.05) is 28.1 Å².